The number of piperazine rings is 1. The first-order chi connectivity index (χ1) is 13.2. The maximum atomic E-state index is 13.8. The number of nitrogens with one attached hydrogen (secondary N) is 1. The second-order valence-corrected chi connectivity index (χ2v) is 6.59. The highest BCUT2D eigenvalue weighted by Gasteiger charge is 2.24. The van der Waals surface area contributed by atoms with Crippen LogP contribution in [0.3, 0.4) is 0 Å². The van der Waals surface area contributed by atoms with Crippen molar-refractivity contribution in [2.75, 3.05) is 47.5 Å². The molecule has 2 aromatic carbocycles. The van der Waals surface area contributed by atoms with Crippen LogP contribution in [0.5, 0.6) is 17.2 Å². The Hall–Kier alpha value is -2.31. The van der Waals surface area contributed by atoms with Crippen LogP contribution >= 0.6 is 0 Å². The fraction of sp³-hybridized carbons (Fsp3) is 0.429. The van der Waals surface area contributed by atoms with Crippen molar-refractivity contribution < 1.29 is 18.6 Å². The van der Waals surface area contributed by atoms with Gasteiger partial charge in [0.15, 0.2) is 23.1 Å². The zero-order chi connectivity index (χ0) is 19.2. The van der Waals surface area contributed by atoms with E-state index in [0.29, 0.717) is 0 Å². The molecule has 1 fully saturated rings. The van der Waals surface area contributed by atoms with Crippen LogP contribution in [0, 0.1) is 5.82 Å². The average molecular weight is 374 g/mol. The first-order valence-corrected chi connectivity index (χ1v) is 9.15. The van der Waals surface area contributed by atoms with Gasteiger partial charge in [0.25, 0.3) is 0 Å². The van der Waals surface area contributed by atoms with Gasteiger partial charge in [0.2, 0.25) is 0 Å². The fourth-order valence-corrected chi connectivity index (χ4v) is 3.54. The number of nitrogens with zero attached hydrogens (tertiary/aromatic N) is 1. The van der Waals surface area contributed by atoms with Crippen LogP contribution in [0.1, 0.15) is 17.2 Å². The Balaban J connectivity index is 1.73. The summed E-state index contributed by atoms with van der Waals surface area (Å²) < 4.78 is 29.6. The van der Waals surface area contributed by atoms with E-state index in [1.54, 1.807) is 20.3 Å². The Labute approximate surface area is 160 Å². The Kier molecular flexibility index (Phi) is 6.53. The summed E-state index contributed by atoms with van der Waals surface area (Å²) in [5.74, 6) is 1.44. The van der Waals surface area contributed by atoms with E-state index in [9.17, 15) is 4.39 Å². The molecule has 0 radical (unpaired) electrons. The van der Waals surface area contributed by atoms with Crippen LogP contribution in [0.25, 0.3) is 0 Å². The summed E-state index contributed by atoms with van der Waals surface area (Å²) in [5, 5.41) is 3.43. The predicted octanol–water partition coefficient (Wildman–Crippen LogP) is 3.04. The quantitative estimate of drug-likeness (QED) is 0.807. The molecule has 1 heterocycles. The molecular formula is C21H27FN2O3. The average Bonchev–Trinajstić information content (AvgIpc) is 2.72. The second-order valence-electron chi connectivity index (χ2n) is 6.59. The number of halogens is 1. The van der Waals surface area contributed by atoms with Crippen molar-refractivity contribution >= 4 is 0 Å². The van der Waals surface area contributed by atoms with Crippen LogP contribution in [-0.2, 0) is 6.42 Å². The molecule has 1 saturated heterocycles. The lowest BCUT2D eigenvalue weighted by Gasteiger charge is -2.36. The SMILES string of the molecule is COc1cc([C@@H]2CNCCN2CCc2ccc(OC)c(OC)c2)ccc1F. The molecule has 0 bridgehead atoms. The molecule has 0 amide bonds. The highest BCUT2D eigenvalue weighted by Crippen LogP contribution is 2.30. The number of hydrogen-bond donors (Lipinski definition) is 1. The van der Waals surface area contributed by atoms with Crippen molar-refractivity contribution in [3.63, 3.8) is 0 Å². The minimum absolute atomic E-state index is 0.188. The molecular weight excluding hydrogens is 347 g/mol. The van der Waals surface area contributed by atoms with Crippen LogP contribution in [-0.4, -0.2) is 52.4 Å². The standard InChI is InChI=1S/C21H27FN2O3/c1-25-19-7-4-15(12-21(19)27-3)8-10-24-11-9-23-14-18(24)16-5-6-17(22)20(13-16)26-2/h4-7,12-13,18,23H,8-11,14H2,1-3H3/t18-/m0/s1. The fourth-order valence-electron chi connectivity index (χ4n) is 3.54. The summed E-state index contributed by atoms with van der Waals surface area (Å²) in [4.78, 5) is 2.43. The first kappa shape index (κ1) is 19.5. The van der Waals surface area contributed by atoms with Gasteiger partial charge in [-0.05, 0) is 41.8 Å². The van der Waals surface area contributed by atoms with Crippen LogP contribution in [0.4, 0.5) is 4.39 Å². The topological polar surface area (TPSA) is 43.0 Å². The summed E-state index contributed by atoms with van der Waals surface area (Å²) in [6, 6.07) is 11.4. The normalized spacial score (nSPS) is 17.6. The molecule has 0 aliphatic carbocycles. The molecule has 1 N–H and O–H groups in total. The molecule has 5 nitrogen and oxygen atoms in total. The van der Waals surface area contributed by atoms with Gasteiger partial charge >= 0.3 is 0 Å². The van der Waals surface area contributed by atoms with Gasteiger partial charge < -0.3 is 19.5 Å². The van der Waals surface area contributed by atoms with Gasteiger partial charge in [-0.15, -0.1) is 0 Å². The summed E-state index contributed by atoms with van der Waals surface area (Å²) in [6.07, 6.45) is 0.898. The van der Waals surface area contributed by atoms with Gasteiger partial charge in [0.05, 0.1) is 21.3 Å². The third-order valence-electron chi connectivity index (χ3n) is 5.05. The maximum absolute atomic E-state index is 13.8. The molecule has 3 rings (SSSR count). The van der Waals surface area contributed by atoms with Gasteiger partial charge in [-0.25, -0.2) is 4.39 Å². The van der Waals surface area contributed by atoms with Gasteiger partial charge in [0, 0.05) is 32.2 Å². The summed E-state index contributed by atoms with van der Waals surface area (Å²) >= 11 is 0. The lowest BCUT2D eigenvalue weighted by molar-refractivity contribution is 0.163. The van der Waals surface area contributed by atoms with Gasteiger partial charge in [0.1, 0.15) is 0 Å². The maximum Gasteiger partial charge on any atom is 0.165 e. The minimum Gasteiger partial charge on any atom is -0.494 e. The van der Waals surface area contributed by atoms with Crippen molar-refractivity contribution in [3.8, 4) is 17.2 Å². The number of benzene rings is 2. The van der Waals surface area contributed by atoms with Crippen molar-refractivity contribution in [2.45, 2.75) is 12.5 Å². The molecule has 146 valence electrons. The van der Waals surface area contributed by atoms with Crippen molar-refractivity contribution in [1.82, 2.24) is 10.2 Å². The molecule has 27 heavy (non-hydrogen) atoms. The van der Waals surface area contributed by atoms with Gasteiger partial charge in [-0.1, -0.05) is 12.1 Å². The summed E-state index contributed by atoms with van der Waals surface area (Å²) in [5.41, 5.74) is 2.26. The number of methoxy groups -OCH3 is 3. The Morgan fingerprint density at radius 3 is 2.52 bits per heavy atom. The van der Waals surface area contributed by atoms with Gasteiger partial charge in [-0.2, -0.15) is 0 Å². The zero-order valence-corrected chi connectivity index (χ0v) is 16.1. The van der Waals surface area contributed by atoms with E-state index in [2.05, 4.69) is 16.3 Å². The number of rotatable bonds is 7. The van der Waals surface area contributed by atoms with E-state index in [1.807, 2.05) is 18.2 Å². The smallest absolute Gasteiger partial charge is 0.165 e. The third kappa shape index (κ3) is 4.51. The van der Waals surface area contributed by atoms with E-state index >= 15 is 0 Å². The number of ether oxygens (including phenoxy) is 3. The minimum atomic E-state index is -0.332. The Bertz CT molecular complexity index is 769. The Morgan fingerprint density at radius 2 is 1.78 bits per heavy atom. The van der Waals surface area contributed by atoms with E-state index < -0.39 is 0 Å². The van der Waals surface area contributed by atoms with Crippen LogP contribution in [0.2, 0.25) is 0 Å². The summed E-state index contributed by atoms with van der Waals surface area (Å²) in [7, 11) is 4.78. The molecule has 0 unspecified atom stereocenters. The molecule has 0 spiro atoms. The number of hydrogen-bond acceptors (Lipinski definition) is 5. The van der Waals surface area contributed by atoms with E-state index in [1.165, 1.54) is 18.7 Å². The second kappa shape index (κ2) is 9.06. The molecule has 0 saturated carbocycles. The van der Waals surface area contributed by atoms with Crippen molar-refractivity contribution in [3.05, 3.63) is 53.3 Å². The van der Waals surface area contributed by atoms with Gasteiger partial charge in [-0.3, -0.25) is 4.90 Å². The molecule has 1 aliphatic rings. The van der Waals surface area contributed by atoms with E-state index in [0.717, 1.165) is 49.7 Å². The molecule has 1 atom stereocenters. The largest absolute Gasteiger partial charge is 0.494 e. The monoisotopic (exact) mass is 374 g/mol. The Morgan fingerprint density at radius 1 is 1.00 bits per heavy atom. The first-order valence-electron chi connectivity index (χ1n) is 9.15. The molecule has 6 heteroatoms. The third-order valence-corrected chi connectivity index (χ3v) is 5.05. The lowest BCUT2D eigenvalue weighted by Crippen LogP contribution is -2.46. The van der Waals surface area contributed by atoms with E-state index in [-0.39, 0.29) is 17.6 Å². The predicted molar refractivity (Wildman–Crippen MR) is 103 cm³/mol. The molecule has 2 aromatic rings. The lowest BCUT2D eigenvalue weighted by atomic mass is 10.0. The van der Waals surface area contributed by atoms with Crippen LogP contribution in [0.15, 0.2) is 36.4 Å². The molecule has 1 aliphatic heterocycles. The highest BCUT2D eigenvalue weighted by molar-refractivity contribution is 5.43. The van der Waals surface area contributed by atoms with Crippen molar-refractivity contribution in [1.29, 1.82) is 0 Å². The van der Waals surface area contributed by atoms with E-state index in [4.69, 9.17) is 14.2 Å². The van der Waals surface area contributed by atoms with Crippen molar-refractivity contribution in [2.24, 2.45) is 0 Å². The summed E-state index contributed by atoms with van der Waals surface area (Å²) in [6.45, 7) is 3.63. The highest BCUT2D eigenvalue weighted by atomic mass is 19.1. The molecule has 0 aromatic heterocycles. The van der Waals surface area contributed by atoms with Crippen LogP contribution < -0.4 is 19.5 Å². The zero-order valence-electron chi connectivity index (χ0n) is 16.1.